The highest BCUT2D eigenvalue weighted by molar-refractivity contribution is 7.22. The Morgan fingerprint density at radius 2 is 2.00 bits per heavy atom. The summed E-state index contributed by atoms with van der Waals surface area (Å²) in [6.07, 6.45) is 0. The summed E-state index contributed by atoms with van der Waals surface area (Å²) >= 11 is 7.37. The largest absolute Gasteiger partial charge is 0.493 e. The lowest BCUT2D eigenvalue weighted by Gasteiger charge is -2.09. The van der Waals surface area contributed by atoms with E-state index >= 15 is 0 Å². The molecule has 3 aromatic rings. The first-order valence-corrected chi connectivity index (χ1v) is 8.81. The van der Waals surface area contributed by atoms with Crippen LogP contribution in [0, 0.1) is 5.92 Å². The van der Waals surface area contributed by atoms with Gasteiger partial charge in [0.25, 0.3) is 5.91 Å². The quantitative estimate of drug-likeness (QED) is 0.677. The SMILES string of the molecule is CC(C)COc1ccc(C(=O)Nc2nc3ccc(Cl)cc3s2)cc1. The van der Waals surface area contributed by atoms with Crippen LogP contribution in [0.5, 0.6) is 5.75 Å². The molecule has 0 aliphatic carbocycles. The molecule has 0 spiro atoms. The van der Waals surface area contributed by atoms with Gasteiger partial charge in [-0.15, -0.1) is 0 Å². The molecule has 1 aromatic heterocycles. The van der Waals surface area contributed by atoms with Gasteiger partial charge in [-0.2, -0.15) is 0 Å². The minimum atomic E-state index is -0.199. The molecular weight excluding hydrogens is 344 g/mol. The molecule has 0 bridgehead atoms. The maximum atomic E-state index is 12.3. The molecule has 3 rings (SSSR count). The summed E-state index contributed by atoms with van der Waals surface area (Å²) in [7, 11) is 0. The summed E-state index contributed by atoms with van der Waals surface area (Å²) in [5.74, 6) is 1.02. The van der Waals surface area contributed by atoms with Crippen molar-refractivity contribution in [2.45, 2.75) is 13.8 Å². The molecule has 0 aliphatic rings. The van der Waals surface area contributed by atoms with Crippen LogP contribution in [0.25, 0.3) is 10.2 Å². The number of nitrogens with zero attached hydrogens (tertiary/aromatic N) is 1. The molecule has 1 amide bonds. The second-order valence-corrected chi connectivity index (χ2v) is 7.28. The van der Waals surface area contributed by atoms with Crippen molar-refractivity contribution < 1.29 is 9.53 Å². The van der Waals surface area contributed by atoms with E-state index in [0.717, 1.165) is 16.0 Å². The van der Waals surface area contributed by atoms with Gasteiger partial charge in [-0.25, -0.2) is 4.98 Å². The van der Waals surface area contributed by atoms with Gasteiger partial charge >= 0.3 is 0 Å². The summed E-state index contributed by atoms with van der Waals surface area (Å²) in [5, 5.41) is 4.03. The van der Waals surface area contributed by atoms with E-state index in [-0.39, 0.29) is 5.91 Å². The van der Waals surface area contributed by atoms with Crippen LogP contribution in [0.2, 0.25) is 5.02 Å². The number of ether oxygens (including phenoxy) is 1. The summed E-state index contributed by atoms with van der Waals surface area (Å²) in [5.41, 5.74) is 1.38. The number of thiazole rings is 1. The second kappa shape index (κ2) is 7.20. The fourth-order valence-electron chi connectivity index (χ4n) is 2.09. The third kappa shape index (κ3) is 4.04. The van der Waals surface area contributed by atoms with Gasteiger partial charge in [0.05, 0.1) is 16.8 Å². The molecule has 0 saturated carbocycles. The Kier molecular flexibility index (Phi) is 5.02. The van der Waals surface area contributed by atoms with E-state index < -0.39 is 0 Å². The normalized spacial score (nSPS) is 11.0. The molecule has 0 atom stereocenters. The van der Waals surface area contributed by atoms with Gasteiger partial charge in [0.15, 0.2) is 5.13 Å². The van der Waals surface area contributed by atoms with E-state index in [1.165, 1.54) is 11.3 Å². The molecule has 2 aromatic carbocycles. The fraction of sp³-hybridized carbons (Fsp3) is 0.222. The molecule has 0 radical (unpaired) electrons. The van der Waals surface area contributed by atoms with E-state index in [2.05, 4.69) is 24.1 Å². The van der Waals surface area contributed by atoms with Crippen LogP contribution in [-0.4, -0.2) is 17.5 Å². The maximum absolute atomic E-state index is 12.3. The van der Waals surface area contributed by atoms with Gasteiger partial charge in [0.1, 0.15) is 5.75 Å². The van der Waals surface area contributed by atoms with Crippen LogP contribution in [-0.2, 0) is 0 Å². The van der Waals surface area contributed by atoms with Gasteiger partial charge in [-0.3, -0.25) is 10.1 Å². The van der Waals surface area contributed by atoms with Crippen molar-refractivity contribution in [3.05, 3.63) is 53.1 Å². The van der Waals surface area contributed by atoms with Crippen LogP contribution in [0.1, 0.15) is 24.2 Å². The molecule has 1 N–H and O–H groups in total. The number of anilines is 1. The fourth-order valence-corrected chi connectivity index (χ4v) is 3.22. The van der Waals surface area contributed by atoms with Crippen molar-refractivity contribution in [1.29, 1.82) is 0 Å². The topological polar surface area (TPSA) is 51.2 Å². The van der Waals surface area contributed by atoms with Crippen molar-refractivity contribution in [3.63, 3.8) is 0 Å². The molecule has 6 heteroatoms. The summed E-state index contributed by atoms with van der Waals surface area (Å²) in [6.45, 7) is 4.83. The number of halogens is 1. The van der Waals surface area contributed by atoms with Gasteiger partial charge in [0.2, 0.25) is 0 Å². The van der Waals surface area contributed by atoms with Crippen molar-refractivity contribution in [3.8, 4) is 5.75 Å². The lowest BCUT2D eigenvalue weighted by atomic mass is 10.2. The average molecular weight is 361 g/mol. The zero-order valence-corrected chi connectivity index (χ0v) is 14.9. The van der Waals surface area contributed by atoms with E-state index in [0.29, 0.717) is 28.2 Å². The summed E-state index contributed by atoms with van der Waals surface area (Å²) < 4.78 is 6.56. The Balaban J connectivity index is 1.69. The van der Waals surface area contributed by atoms with Gasteiger partial charge < -0.3 is 4.74 Å². The predicted octanol–water partition coefficient (Wildman–Crippen LogP) is 5.24. The number of benzene rings is 2. The molecular formula is C18H17ClN2O2S. The minimum absolute atomic E-state index is 0.199. The molecule has 0 fully saturated rings. The molecule has 24 heavy (non-hydrogen) atoms. The Morgan fingerprint density at radius 1 is 1.25 bits per heavy atom. The third-order valence-corrected chi connectivity index (χ3v) is 4.44. The number of aromatic nitrogens is 1. The zero-order valence-electron chi connectivity index (χ0n) is 13.4. The van der Waals surface area contributed by atoms with Crippen LogP contribution in [0.4, 0.5) is 5.13 Å². The molecule has 4 nitrogen and oxygen atoms in total. The van der Waals surface area contributed by atoms with E-state index in [1.54, 1.807) is 30.3 Å². The lowest BCUT2D eigenvalue weighted by Crippen LogP contribution is -2.11. The van der Waals surface area contributed by atoms with Crippen molar-refractivity contribution in [2.24, 2.45) is 5.92 Å². The van der Waals surface area contributed by atoms with E-state index in [1.807, 2.05) is 12.1 Å². The minimum Gasteiger partial charge on any atom is -0.493 e. The van der Waals surface area contributed by atoms with Crippen molar-refractivity contribution in [1.82, 2.24) is 4.98 Å². The number of fused-ring (bicyclic) bond motifs is 1. The number of hydrogen-bond acceptors (Lipinski definition) is 4. The predicted molar refractivity (Wildman–Crippen MR) is 99.4 cm³/mol. The van der Waals surface area contributed by atoms with Crippen LogP contribution in [0.3, 0.4) is 0 Å². The van der Waals surface area contributed by atoms with Crippen LogP contribution >= 0.6 is 22.9 Å². The van der Waals surface area contributed by atoms with Gasteiger partial charge in [-0.1, -0.05) is 36.8 Å². The van der Waals surface area contributed by atoms with E-state index in [9.17, 15) is 4.79 Å². The Bertz CT molecular complexity index is 859. The number of amides is 1. The first-order chi connectivity index (χ1) is 11.5. The molecule has 124 valence electrons. The number of nitrogens with one attached hydrogen (secondary N) is 1. The highest BCUT2D eigenvalue weighted by Crippen LogP contribution is 2.28. The molecule has 0 unspecified atom stereocenters. The average Bonchev–Trinajstić information content (AvgIpc) is 2.94. The Morgan fingerprint density at radius 3 is 2.71 bits per heavy atom. The number of carbonyl (C=O) groups is 1. The van der Waals surface area contributed by atoms with Crippen LogP contribution in [0.15, 0.2) is 42.5 Å². The zero-order chi connectivity index (χ0) is 17.1. The van der Waals surface area contributed by atoms with Crippen molar-refractivity contribution >= 4 is 44.2 Å². The molecule has 0 saturated heterocycles. The van der Waals surface area contributed by atoms with Crippen molar-refractivity contribution in [2.75, 3.05) is 11.9 Å². The highest BCUT2D eigenvalue weighted by atomic mass is 35.5. The monoisotopic (exact) mass is 360 g/mol. The lowest BCUT2D eigenvalue weighted by molar-refractivity contribution is 0.102. The highest BCUT2D eigenvalue weighted by Gasteiger charge is 2.10. The maximum Gasteiger partial charge on any atom is 0.257 e. The van der Waals surface area contributed by atoms with Gasteiger partial charge in [0, 0.05) is 10.6 Å². The van der Waals surface area contributed by atoms with E-state index in [4.69, 9.17) is 16.3 Å². The summed E-state index contributed by atoms with van der Waals surface area (Å²) in [4.78, 5) is 16.7. The van der Waals surface area contributed by atoms with Gasteiger partial charge in [-0.05, 0) is 48.4 Å². The van der Waals surface area contributed by atoms with Crippen LogP contribution < -0.4 is 10.1 Å². The first kappa shape index (κ1) is 16.7. The smallest absolute Gasteiger partial charge is 0.257 e. The Hall–Kier alpha value is -2.11. The first-order valence-electron chi connectivity index (χ1n) is 7.61. The summed E-state index contributed by atoms with van der Waals surface area (Å²) in [6, 6.07) is 12.6. The number of rotatable bonds is 5. The second-order valence-electron chi connectivity index (χ2n) is 5.81. The number of hydrogen-bond donors (Lipinski definition) is 1. The molecule has 0 aliphatic heterocycles. The standard InChI is InChI=1S/C18H17ClN2O2S/c1-11(2)10-23-14-6-3-12(4-7-14)17(22)21-18-20-15-8-5-13(19)9-16(15)24-18/h3-9,11H,10H2,1-2H3,(H,20,21,22). The molecule has 1 heterocycles. The third-order valence-electron chi connectivity index (χ3n) is 3.27. The number of carbonyl (C=O) groups excluding carboxylic acids is 1. The Labute approximate surface area is 149 Å².